The zero-order valence-corrected chi connectivity index (χ0v) is 17.8. The molecular formula is C24H26BrNO2. The number of hydrogen-bond donors (Lipinski definition) is 1. The van der Waals surface area contributed by atoms with E-state index in [1.165, 1.54) is 11.1 Å². The molecule has 0 spiro atoms. The minimum Gasteiger partial charge on any atom is -0.507 e. The van der Waals surface area contributed by atoms with Crippen LogP contribution in [0.3, 0.4) is 0 Å². The molecule has 146 valence electrons. The molecule has 28 heavy (non-hydrogen) atoms. The summed E-state index contributed by atoms with van der Waals surface area (Å²) in [5.74, 6) is 0.255. The summed E-state index contributed by atoms with van der Waals surface area (Å²) in [4.78, 5) is 4.52. The van der Waals surface area contributed by atoms with Gasteiger partial charge in [0, 0.05) is 16.2 Å². The Morgan fingerprint density at radius 2 is 2.18 bits per heavy atom. The summed E-state index contributed by atoms with van der Waals surface area (Å²) in [6.45, 7) is 7.06. The van der Waals surface area contributed by atoms with Gasteiger partial charge in [0.25, 0.3) is 0 Å². The molecule has 1 aliphatic heterocycles. The Kier molecular flexibility index (Phi) is 7.24. The fourth-order valence-corrected chi connectivity index (χ4v) is 3.85. The van der Waals surface area contributed by atoms with Crippen molar-refractivity contribution in [2.24, 2.45) is 0 Å². The first-order valence-electron chi connectivity index (χ1n) is 9.68. The van der Waals surface area contributed by atoms with Crippen LogP contribution in [0.1, 0.15) is 43.9 Å². The number of aromatic nitrogens is 1. The van der Waals surface area contributed by atoms with E-state index >= 15 is 0 Å². The Morgan fingerprint density at radius 3 is 2.93 bits per heavy atom. The Morgan fingerprint density at radius 1 is 1.32 bits per heavy atom. The van der Waals surface area contributed by atoms with Crippen LogP contribution in [0.25, 0.3) is 11.6 Å². The fraction of sp³-hybridized carbons (Fsp3) is 0.292. The van der Waals surface area contributed by atoms with Gasteiger partial charge in [0.1, 0.15) is 5.75 Å². The van der Waals surface area contributed by atoms with Gasteiger partial charge in [0.05, 0.1) is 18.4 Å². The molecule has 3 rings (SSSR count). The number of phenolic OH excluding ortho intramolecular Hbond substituents is 1. The third-order valence-corrected chi connectivity index (χ3v) is 5.39. The summed E-state index contributed by atoms with van der Waals surface area (Å²) < 4.78 is 6.88. The van der Waals surface area contributed by atoms with Crippen molar-refractivity contribution < 1.29 is 9.84 Å². The molecule has 2 heterocycles. The van der Waals surface area contributed by atoms with Gasteiger partial charge in [-0.25, -0.2) is 0 Å². The van der Waals surface area contributed by atoms with Crippen LogP contribution in [0.15, 0.2) is 70.9 Å². The van der Waals surface area contributed by atoms with Gasteiger partial charge in [-0.1, -0.05) is 48.0 Å². The Bertz CT molecular complexity index is 887. The highest BCUT2D eigenvalue weighted by Crippen LogP contribution is 2.32. The van der Waals surface area contributed by atoms with Crippen LogP contribution in [0.5, 0.6) is 5.75 Å². The molecule has 2 aromatic rings. The van der Waals surface area contributed by atoms with Gasteiger partial charge in [0.15, 0.2) is 0 Å². The molecular weight excluding hydrogens is 414 g/mol. The lowest BCUT2D eigenvalue weighted by atomic mass is 9.93. The molecule has 0 bridgehead atoms. The highest BCUT2D eigenvalue weighted by atomic mass is 79.9. The summed E-state index contributed by atoms with van der Waals surface area (Å²) in [6.07, 6.45) is 9.78. The third-order valence-electron chi connectivity index (χ3n) is 4.90. The van der Waals surface area contributed by atoms with E-state index in [1.807, 2.05) is 36.4 Å². The van der Waals surface area contributed by atoms with Gasteiger partial charge < -0.3 is 9.84 Å². The number of nitrogens with zero attached hydrogens (tertiary/aromatic N) is 1. The lowest BCUT2D eigenvalue weighted by molar-refractivity contribution is 0.117. The van der Waals surface area contributed by atoms with Gasteiger partial charge >= 0.3 is 0 Å². The summed E-state index contributed by atoms with van der Waals surface area (Å²) in [7, 11) is 0. The standard InChI is InChI=1S/C24H26BrNO2/c1-3-6-17(2)21-12-14-28-24(21)11-8-18(22-7-4-5-13-26-22)15-19-16-20(25)9-10-23(19)27/h4-5,7,9-10,12-13,15-16,24,27H,2-3,6,8,11,14H2,1H3/b18-15-. The van der Waals surface area contributed by atoms with E-state index in [0.29, 0.717) is 6.61 Å². The van der Waals surface area contributed by atoms with Crippen LogP contribution in [0.2, 0.25) is 0 Å². The van der Waals surface area contributed by atoms with E-state index in [0.717, 1.165) is 47.0 Å². The smallest absolute Gasteiger partial charge is 0.122 e. The number of allylic oxidation sites excluding steroid dienone is 1. The molecule has 1 aromatic carbocycles. The van der Waals surface area contributed by atoms with E-state index < -0.39 is 0 Å². The first-order chi connectivity index (χ1) is 13.6. The number of pyridine rings is 1. The van der Waals surface area contributed by atoms with Crippen LogP contribution >= 0.6 is 15.9 Å². The van der Waals surface area contributed by atoms with Crippen LogP contribution < -0.4 is 0 Å². The van der Waals surface area contributed by atoms with E-state index in [4.69, 9.17) is 4.74 Å². The lowest BCUT2D eigenvalue weighted by Gasteiger charge is -2.17. The van der Waals surface area contributed by atoms with E-state index in [-0.39, 0.29) is 11.9 Å². The summed E-state index contributed by atoms with van der Waals surface area (Å²) in [5.41, 5.74) is 5.18. The molecule has 1 aliphatic rings. The van der Waals surface area contributed by atoms with Crippen molar-refractivity contribution in [2.75, 3.05) is 6.61 Å². The van der Waals surface area contributed by atoms with Crippen molar-refractivity contribution in [3.8, 4) is 5.75 Å². The lowest BCUT2D eigenvalue weighted by Crippen LogP contribution is -2.12. The molecule has 4 heteroatoms. The molecule has 0 saturated heterocycles. The quantitative estimate of drug-likeness (QED) is 0.506. The first-order valence-corrected chi connectivity index (χ1v) is 10.5. The maximum atomic E-state index is 10.3. The number of benzene rings is 1. The van der Waals surface area contributed by atoms with Crippen LogP contribution in [0.4, 0.5) is 0 Å². The van der Waals surface area contributed by atoms with Gasteiger partial charge in [-0.2, -0.15) is 0 Å². The maximum absolute atomic E-state index is 10.3. The first kappa shape index (κ1) is 20.6. The number of phenols is 1. The highest BCUT2D eigenvalue weighted by molar-refractivity contribution is 9.10. The second-order valence-electron chi connectivity index (χ2n) is 6.96. The minimum atomic E-state index is 0.0715. The van der Waals surface area contributed by atoms with Gasteiger partial charge in [-0.15, -0.1) is 0 Å². The Hall–Kier alpha value is -2.17. The monoisotopic (exact) mass is 439 g/mol. The van der Waals surface area contributed by atoms with Crippen LogP contribution in [0, 0.1) is 0 Å². The Labute approximate surface area is 175 Å². The van der Waals surface area contributed by atoms with Gasteiger partial charge in [0.2, 0.25) is 0 Å². The molecule has 1 unspecified atom stereocenters. The maximum Gasteiger partial charge on any atom is 0.122 e. The number of aromatic hydroxyl groups is 1. The zero-order chi connectivity index (χ0) is 19.9. The van der Waals surface area contributed by atoms with Crippen LogP contribution in [-0.2, 0) is 4.74 Å². The topological polar surface area (TPSA) is 42.4 Å². The zero-order valence-electron chi connectivity index (χ0n) is 16.2. The van der Waals surface area contributed by atoms with Gasteiger partial charge in [-0.05, 0) is 72.4 Å². The minimum absolute atomic E-state index is 0.0715. The van der Waals surface area contributed by atoms with E-state index in [1.54, 1.807) is 12.3 Å². The molecule has 0 aliphatic carbocycles. The fourth-order valence-electron chi connectivity index (χ4n) is 3.47. The predicted octanol–water partition coefficient (Wildman–Crippen LogP) is 6.55. The van der Waals surface area contributed by atoms with Crippen molar-refractivity contribution >= 4 is 27.6 Å². The highest BCUT2D eigenvalue weighted by Gasteiger charge is 2.22. The second-order valence-corrected chi connectivity index (χ2v) is 7.88. The SMILES string of the molecule is C=C(CCC)C1=CCOC1CC/C(=C/c1cc(Br)ccc1O)c1ccccn1. The summed E-state index contributed by atoms with van der Waals surface area (Å²) in [6, 6.07) is 11.3. The molecule has 0 saturated carbocycles. The van der Waals surface area contributed by atoms with Crippen LogP contribution in [-0.4, -0.2) is 22.8 Å². The number of ether oxygens (including phenoxy) is 1. The average Bonchev–Trinajstić information content (AvgIpc) is 3.17. The number of rotatable bonds is 8. The number of hydrogen-bond acceptors (Lipinski definition) is 3. The van der Waals surface area contributed by atoms with E-state index in [9.17, 15) is 5.11 Å². The van der Waals surface area contributed by atoms with E-state index in [2.05, 4.69) is 40.5 Å². The largest absolute Gasteiger partial charge is 0.507 e. The normalized spacial score (nSPS) is 16.9. The average molecular weight is 440 g/mol. The molecule has 1 N–H and O–H groups in total. The molecule has 3 nitrogen and oxygen atoms in total. The summed E-state index contributed by atoms with van der Waals surface area (Å²) in [5, 5.41) is 10.3. The number of halogens is 1. The predicted molar refractivity (Wildman–Crippen MR) is 119 cm³/mol. The Balaban J connectivity index is 1.83. The third kappa shape index (κ3) is 5.21. The molecule has 0 amide bonds. The van der Waals surface area contributed by atoms with Crippen molar-refractivity contribution in [2.45, 2.75) is 38.7 Å². The van der Waals surface area contributed by atoms with Crippen molar-refractivity contribution in [1.82, 2.24) is 4.98 Å². The van der Waals surface area contributed by atoms with Gasteiger partial charge in [-0.3, -0.25) is 4.98 Å². The second kappa shape index (κ2) is 9.85. The summed E-state index contributed by atoms with van der Waals surface area (Å²) >= 11 is 3.48. The molecule has 1 atom stereocenters. The molecule has 0 radical (unpaired) electrons. The molecule has 1 aromatic heterocycles. The molecule has 0 fully saturated rings. The van der Waals surface area contributed by atoms with Crippen molar-refractivity contribution in [1.29, 1.82) is 0 Å². The van der Waals surface area contributed by atoms with Crippen molar-refractivity contribution in [3.63, 3.8) is 0 Å². The van der Waals surface area contributed by atoms with Crippen molar-refractivity contribution in [3.05, 3.63) is 82.1 Å².